The Bertz CT molecular complexity index is 432. The van der Waals surface area contributed by atoms with Crippen LogP contribution in [0.1, 0.15) is 45.4 Å². The quantitative estimate of drug-likeness (QED) is 0.759. The predicted octanol–water partition coefficient (Wildman–Crippen LogP) is 4.15. The molecule has 3 heteroatoms. The van der Waals surface area contributed by atoms with E-state index in [0.29, 0.717) is 5.92 Å². The number of rotatable bonds is 7. The molecule has 3 nitrogen and oxygen atoms in total. The summed E-state index contributed by atoms with van der Waals surface area (Å²) in [6.45, 7) is 2.99. The molecule has 0 fully saturated rings. The van der Waals surface area contributed by atoms with Crippen LogP contribution in [0.2, 0.25) is 0 Å². The molecule has 2 aliphatic rings. The highest BCUT2D eigenvalue weighted by Crippen LogP contribution is 2.27. The third-order valence-electron chi connectivity index (χ3n) is 3.61. The highest BCUT2D eigenvalue weighted by molar-refractivity contribution is 5.22. The van der Waals surface area contributed by atoms with Gasteiger partial charge in [-0.05, 0) is 38.1 Å². The largest absolute Gasteiger partial charge is 0.466 e. The third-order valence-corrected chi connectivity index (χ3v) is 3.61. The van der Waals surface area contributed by atoms with Gasteiger partial charge in [0.25, 0.3) is 0 Å². The summed E-state index contributed by atoms with van der Waals surface area (Å²) in [5.74, 6) is 2.42. The van der Waals surface area contributed by atoms with Gasteiger partial charge in [0.1, 0.15) is 24.0 Å². The smallest absolute Gasteiger partial charge is 0.143 e. The average molecular weight is 275 g/mol. The molecule has 1 heterocycles. The van der Waals surface area contributed by atoms with E-state index in [1.54, 1.807) is 12.5 Å². The molecular formula is C17H25NO2. The Morgan fingerprint density at radius 3 is 2.90 bits per heavy atom. The van der Waals surface area contributed by atoms with E-state index < -0.39 is 0 Å². The van der Waals surface area contributed by atoms with Gasteiger partial charge in [-0.25, -0.2) is 0 Å². The van der Waals surface area contributed by atoms with Crippen molar-refractivity contribution in [2.75, 3.05) is 6.54 Å². The highest BCUT2D eigenvalue weighted by Gasteiger charge is 2.15. The van der Waals surface area contributed by atoms with Crippen molar-refractivity contribution in [3.05, 3.63) is 47.8 Å². The Labute approximate surface area is 121 Å². The summed E-state index contributed by atoms with van der Waals surface area (Å²) in [4.78, 5) is 0. The second kappa shape index (κ2) is 7.95. The molecule has 1 atom stereocenters. The molecule has 110 valence electrons. The lowest BCUT2D eigenvalue weighted by Crippen LogP contribution is -2.07. The molecule has 0 spiro atoms. The molecule has 0 bridgehead atoms. The first-order chi connectivity index (χ1) is 9.78. The van der Waals surface area contributed by atoms with E-state index in [0.717, 1.165) is 56.6 Å². The van der Waals surface area contributed by atoms with Gasteiger partial charge >= 0.3 is 0 Å². The van der Waals surface area contributed by atoms with Crippen LogP contribution in [0.3, 0.4) is 0 Å². The minimum Gasteiger partial charge on any atom is -0.466 e. The Hall–Kier alpha value is -1.48. The molecule has 0 amide bonds. The fraction of sp³-hybridized carbons (Fsp3) is 0.529. The lowest BCUT2D eigenvalue weighted by Gasteiger charge is -2.20. The third kappa shape index (κ3) is 4.89. The lowest BCUT2D eigenvalue weighted by atomic mass is 10.00. The first-order valence-electron chi connectivity index (χ1n) is 7.54. The van der Waals surface area contributed by atoms with Crippen molar-refractivity contribution < 1.29 is 9.47 Å². The normalized spacial score (nSPS) is 19.4. The molecule has 1 aliphatic heterocycles. The van der Waals surface area contributed by atoms with Gasteiger partial charge in [-0.15, -0.1) is 0 Å². The zero-order valence-electron chi connectivity index (χ0n) is 12.3. The lowest BCUT2D eigenvalue weighted by molar-refractivity contribution is 0.197. The maximum absolute atomic E-state index is 5.94. The molecule has 2 N–H and O–H groups in total. The Balaban J connectivity index is 1.79. The van der Waals surface area contributed by atoms with E-state index in [1.165, 1.54) is 5.57 Å². The van der Waals surface area contributed by atoms with Crippen molar-refractivity contribution in [2.45, 2.75) is 45.4 Å². The standard InChI is InChI=1S/C17H25NO2/c1-14(6-5-9-18)10-16-12-19-13-17(20-16)11-15-7-3-2-4-8-15/h2-3,7,12-14H,4-6,8-11,18H2,1H3. The van der Waals surface area contributed by atoms with E-state index in [2.05, 4.69) is 25.2 Å². The van der Waals surface area contributed by atoms with E-state index in [1.807, 2.05) is 0 Å². The van der Waals surface area contributed by atoms with E-state index in [4.69, 9.17) is 15.2 Å². The summed E-state index contributed by atoms with van der Waals surface area (Å²) in [5.41, 5.74) is 6.95. The number of allylic oxidation sites excluding steroid dienone is 5. The molecular weight excluding hydrogens is 250 g/mol. The van der Waals surface area contributed by atoms with Gasteiger partial charge in [0.15, 0.2) is 0 Å². The summed E-state index contributed by atoms with van der Waals surface area (Å²) in [6, 6.07) is 0. The van der Waals surface area contributed by atoms with Crippen molar-refractivity contribution in [2.24, 2.45) is 11.7 Å². The molecule has 0 radical (unpaired) electrons. The predicted molar refractivity (Wildman–Crippen MR) is 81.5 cm³/mol. The summed E-state index contributed by atoms with van der Waals surface area (Å²) in [7, 11) is 0. The maximum Gasteiger partial charge on any atom is 0.143 e. The summed E-state index contributed by atoms with van der Waals surface area (Å²) in [6.07, 6.45) is 16.1. The zero-order chi connectivity index (χ0) is 14.2. The SMILES string of the molecule is CC(CCCN)CC1=COC=C(CC2=CC=CCC2)O1. The van der Waals surface area contributed by atoms with Crippen molar-refractivity contribution in [1.29, 1.82) is 0 Å². The van der Waals surface area contributed by atoms with Gasteiger partial charge in [0.05, 0.1) is 0 Å². The second-order valence-electron chi connectivity index (χ2n) is 5.62. The van der Waals surface area contributed by atoms with Crippen LogP contribution in [-0.2, 0) is 9.47 Å². The molecule has 0 saturated heterocycles. The van der Waals surface area contributed by atoms with Crippen molar-refractivity contribution >= 4 is 0 Å². The zero-order valence-corrected chi connectivity index (χ0v) is 12.3. The van der Waals surface area contributed by atoms with Crippen LogP contribution in [0, 0.1) is 5.92 Å². The van der Waals surface area contributed by atoms with Crippen LogP contribution in [0.4, 0.5) is 0 Å². The van der Waals surface area contributed by atoms with Crippen molar-refractivity contribution in [3.8, 4) is 0 Å². The van der Waals surface area contributed by atoms with Crippen molar-refractivity contribution in [3.63, 3.8) is 0 Å². The average Bonchev–Trinajstić information content (AvgIpc) is 2.46. The van der Waals surface area contributed by atoms with Gasteiger partial charge in [-0.3, -0.25) is 0 Å². The first-order valence-corrected chi connectivity index (χ1v) is 7.54. The summed E-state index contributed by atoms with van der Waals surface area (Å²) in [5, 5.41) is 0. The molecule has 0 aromatic carbocycles. The van der Waals surface area contributed by atoms with E-state index >= 15 is 0 Å². The fourth-order valence-corrected chi connectivity index (χ4v) is 2.51. The van der Waals surface area contributed by atoms with Gasteiger partial charge in [-0.1, -0.05) is 30.7 Å². The van der Waals surface area contributed by atoms with E-state index in [9.17, 15) is 0 Å². The second-order valence-corrected chi connectivity index (χ2v) is 5.62. The Kier molecular flexibility index (Phi) is 5.93. The fourth-order valence-electron chi connectivity index (χ4n) is 2.51. The number of hydrogen-bond donors (Lipinski definition) is 1. The summed E-state index contributed by atoms with van der Waals surface area (Å²) >= 11 is 0. The molecule has 1 unspecified atom stereocenters. The van der Waals surface area contributed by atoms with Crippen LogP contribution >= 0.6 is 0 Å². The molecule has 20 heavy (non-hydrogen) atoms. The molecule has 0 saturated carbocycles. The minimum atomic E-state index is 0.574. The number of hydrogen-bond acceptors (Lipinski definition) is 3. The molecule has 0 aromatic rings. The van der Waals surface area contributed by atoms with E-state index in [-0.39, 0.29) is 0 Å². The van der Waals surface area contributed by atoms with Gasteiger partial charge < -0.3 is 15.2 Å². The van der Waals surface area contributed by atoms with Crippen molar-refractivity contribution in [1.82, 2.24) is 0 Å². The number of ether oxygens (including phenoxy) is 2. The first kappa shape index (κ1) is 14.9. The minimum absolute atomic E-state index is 0.574. The van der Waals surface area contributed by atoms with Crippen LogP contribution in [0.25, 0.3) is 0 Å². The van der Waals surface area contributed by atoms with Crippen LogP contribution in [0.5, 0.6) is 0 Å². The molecule has 1 aliphatic carbocycles. The number of nitrogens with two attached hydrogens (primary N) is 1. The van der Waals surface area contributed by atoms with Crippen LogP contribution in [0.15, 0.2) is 47.8 Å². The Morgan fingerprint density at radius 2 is 2.15 bits per heavy atom. The maximum atomic E-state index is 5.94. The van der Waals surface area contributed by atoms with Crippen LogP contribution < -0.4 is 5.73 Å². The van der Waals surface area contributed by atoms with Crippen LogP contribution in [-0.4, -0.2) is 6.54 Å². The topological polar surface area (TPSA) is 44.5 Å². The highest BCUT2D eigenvalue weighted by atomic mass is 16.5. The molecule has 0 aromatic heterocycles. The monoisotopic (exact) mass is 275 g/mol. The Morgan fingerprint density at radius 1 is 1.30 bits per heavy atom. The summed E-state index contributed by atoms with van der Waals surface area (Å²) < 4.78 is 11.4. The van der Waals surface area contributed by atoms with Gasteiger partial charge in [0.2, 0.25) is 0 Å². The molecule has 2 rings (SSSR count). The van der Waals surface area contributed by atoms with Gasteiger partial charge in [-0.2, -0.15) is 0 Å². The van der Waals surface area contributed by atoms with Gasteiger partial charge in [0, 0.05) is 12.8 Å².